The van der Waals surface area contributed by atoms with Crippen molar-refractivity contribution in [2.24, 2.45) is 21.1 Å². The van der Waals surface area contributed by atoms with E-state index < -0.39 is 125 Å². The van der Waals surface area contributed by atoms with E-state index in [1.165, 1.54) is 77.8 Å². The smallest absolute Gasteiger partial charge is 0.291 e. The van der Waals surface area contributed by atoms with Crippen LogP contribution >= 0.6 is 0 Å². The van der Waals surface area contributed by atoms with Gasteiger partial charge in [-0.3, -0.25) is 33.6 Å². The number of nitrogens with zero attached hydrogens (tertiary/aromatic N) is 4. The topological polar surface area (TPSA) is 370 Å². The van der Waals surface area contributed by atoms with Crippen LogP contribution in [0.5, 0.6) is 23.0 Å². The molecule has 11 N–H and O–H groups in total. The van der Waals surface area contributed by atoms with E-state index in [0.29, 0.717) is 22.7 Å². The Balaban J connectivity index is 0.735. The van der Waals surface area contributed by atoms with E-state index in [1.54, 1.807) is 39.1 Å². The second-order valence-electron chi connectivity index (χ2n) is 20.8. The molecule has 1 fully saturated rings. The maximum atomic E-state index is 14.1. The van der Waals surface area contributed by atoms with Crippen LogP contribution in [0.25, 0.3) is 11.0 Å². The Labute approximate surface area is 471 Å². The Morgan fingerprint density at radius 3 is 2.34 bits per heavy atom. The van der Waals surface area contributed by atoms with Crippen molar-refractivity contribution in [2.45, 2.75) is 82.2 Å². The number of methoxy groups -OCH3 is 1. The highest BCUT2D eigenvalue weighted by molar-refractivity contribution is 6.31. The number of anilines is 4. The molecule has 0 bridgehead atoms. The van der Waals surface area contributed by atoms with Gasteiger partial charge in [-0.15, -0.1) is 0 Å². The molecule has 0 spiro atoms. The molecule has 5 heterocycles. The lowest BCUT2D eigenvalue weighted by Crippen LogP contribution is -2.54. The number of aromatic nitrogens is 4. The molecule has 1 unspecified atom stereocenters. The van der Waals surface area contributed by atoms with Gasteiger partial charge >= 0.3 is 0 Å². The number of benzene rings is 3. The van der Waals surface area contributed by atoms with Crippen molar-refractivity contribution >= 4 is 74.8 Å². The molecule has 1 aliphatic heterocycles. The number of carbonyl (C=O) groups is 7. The number of ether oxygens (including phenoxy) is 3. The number of amides is 4. The van der Waals surface area contributed by atoms with Gasteiger partial charge in [-0.1, -0.05) is 12.1 Å². The van der Waals surface area contributed by atoms with E-state index in [0.717, 1.165) is 5.39 Å². The van der Waals surface area contributed by atoms with Gasteiger partial charge in [-0.25, -0.2) is 4.98 Å². The fourth-order valence-corrected chi connectivity index (χ4v) is 11.1. The van der Waals surface area contributed by atoms with Gasteiger partial charge < -0.3 is 89.6 Å². The van der Waals surface area contributed by atoms with Crippen molar-refractivity contribution in [1.29, 1.82) is 0 Å². The summed E-state index contributed by atoms with van der Waals surface area (Å²) in [4.78, 5) is 98.7. The normalized spacial score (nSPS) is 20.1. The standard InChI is InChI=1S/C57H59N9O17/c1-25-15-27-16-28(12-13-35(27)81-25)60-55(77)46-50(73)33(22-65(46)4)61-56(78)53-62-39(23-66(53)5)63-54(76)34-17-29(21-64(34)3)59-40(69)11-8-14-58-32-18-41(82-26(2)47(32)70)83-37-20-57(79,38(68)24-67)19-31-43(37)52(75)45-44(49(31)72)48(71)30-9-7-10-36(80-6)42(30)51(45)74/h7,9-10,12-13,15-17,21-23,26,32,37,41,47,58,67,70,72-73,75,79H,8,11,14,18-20,24H2,1-6H3,(H,59,69)(H,60,77)(H,61,78)(H,63,76)/t26-,32-,37+,41?,47+,57-/m0/s1. The molecule has 6 atom stereocenters. The van der Waals surface area contributed by atoms with Crippen molar-refractivity contribution in [2.75, 3.05) is 41.5 Å². The zero-order chi connectivity index (χ0) is 59.5. The zero-order valence-electron chi connectivity index (χ0n) is 45.7. The van der Waals surface area contributed by atoms with Crippen LogP contribution in [-0.4, -0.2) is 141 Å². The number of rotatable bonds is 17. The first-order valence-corrected chi connectivity index (χ1v) is 26.3. The van der Waals surface area contributed by atoms with Gasteiger partial charge in [0.2, 0.25) is 17.5 Å². The lowest BCUT2D eigenvalue weighted by atomic mass is 9.72. The van der Waals surface area contributed by atoms with Gasteiger partial charge in [0, 0.05) is 99.2 Å². The lowest BCUT2D eigenvalue weighted by molar-refractivity contribution is -0.249. The van der Waals surface area contributed by atoms with E-state index in [4.69, 9.17) is 18.6 Å². The molecule has 26 heteroatoms. The average molecular weight is 1140 g/mol. The van der Waals surface area contributed by atoms with Crippen LogP contribution in [-0.2, 0) is 46.6 Å². The molecule has 3 aliphatic rings. The number of nitrogens with one attached hydrogen (secondary N) is 5. The van der Waals surface area contributed by atoms with Crippen molar-refractivity contribution < 1.29 is 82.8 Å². The molecular formula is C57H59N9O17. The molecule has 434 valence electrons. The van der Waals surface area contributed by atoms with E-state index in [9.17, 15) is 64.2 Å². The SMILES string of the molecule is COc1cccc2c1C(=O)c1c(O)c3c(c(O)c1C2=O)C[C@@](O)(C(=O)CO)C[C@H]3OC1C[C@H](NCCCC(=O)Nc2cc(C(=O)Nc3cn(C)c(C(=O)Nc4cn(C)c(C(=O)Nc5ccc6oc(C)cc6c5)c4O)n3)n(C)c2)[C@H](O)[C@H](C)O1. The van der Waals surface area contributed by atoms with Crippen LogP contribution < -0.4 is 31.3 Å². The Bertz CT molecular complexity index is 3830. The molecule has 83 heavy (non-hydrogen) atoms. The molecule has 10 rings (SSSR count). The summed E-state index contributed by atoms with van der Waals surface area (Å²) in [5.74, 6) is -6.47. The first kappa shape index (κ1) is 57.1. The summed E-state index contributed by atoms with van der Waals surface area (Å²) in [6, 6.07) is 11.9. The summed E-state index contributed by atoms with van der Waals surface area (Å²) in [5.41, 5.74) is -2.78. The monoisotopic (exact) mass is 1140 g/mol. The number of Topliss-reactive ketones (excluding diaryl/α,β-unsaturated/α-hetero) is 1. The van der Waals surface area contributed by atoms with Crippen LogP contribution in [0.2, 0.25) is 0 Å². The van der Waals surface area contributed by atoms with Crippen molar-refractivity contribution in [3.8, 4) is 23.0 Å². The quantitative estimate of drug-likeness (QED) is 0.0454. The minimum atomic E-state index is -2.36. The molecule has 7 aromatic rings. The Kier molecular flexibility index (Phi) is 15.3. The van der Waals surface area contributed by atoms with Gasteiger partial charge in [0.05, 0.1) is 47.8 Å². The van der Waals surface area contributed by atoms with Crippen molar-refractivity contribution in [1.82, 2.24) is 24.0 Å². The Morgan fingerprint density at radius 2 is 1.59 bits per heavy atom. The van der Waals surface area contributed by atoms with Gasteiger partial charge in [-0.2, -0.15) is 0 Å². The number of carbonyl (C=O) groups excluding carboxylic acids is 7. The van der Waals surface area contributed by atoms with E-state index >= 15 is 0 Å². The van der Waals surface area contributed by atoms with E-state index in [1.807, 2.05) is 6.07 Å². The number of imidazole rings is 1. The summed E-state index contributed by atoms with van der Waals surface area (Å²) in [6.45, 7) is 2.49. The molecule has 1 saturated heterocycles. The summed E-state index contributed by atoms with van der Waals surface area (Å²) in [7, 11) is 5.94. The number of aromatic hydroxyl groups is 3. The molecule has 0 radical (unpaired) electrons. The van der Waals surface area contributed by atoms with E-state index in [2.05, 4.69) is 31.6 Å². The third kappa shape index (κ3) is 10.7. The number of hydrogen-bond donors (Lipinski definition) is 11. The maximum absolute atomic E-state index is 14.1. The molecule has 2 aliphatic carbocycles. The predicted octanol–water partition coefficient (Wildman–Crippen LogP) is 3.98. The summed E-state index contributed by atoms with van der Waals surface area (Å²) < 4.78 is 27.5. The highest BCUT2D eigenvalue weighted by atomic mass is 16.7. The number of phenolic OH excluding ortho intramolecular Hbond substituents is 2. The largest absolute Gasteiger partial charge is 0.507 e. The number of fused-ring (bicyclic) bond motifs is 4. The number of aryl methyl sites for hydroxylation is 4. The van der Waals surface area contributed by atoms with Gasteiger partial charge in [-0.05, 0) is 63.2 Å². The highest BCUT2D eigenvalue weighted by Gasteiger charge is 2.50. The van der Waals surface area contributed by atoms with Gasteiger partial charge in [0.15, 0.2) is 35.1 Å². The third-order valence-electron chi connectivity index (χ3n) is 15.1. The van der Waals surface area contributed by atoms with Crippen molar-refractivity contribution in [3.63, 3.8) is 0 Å². The lowest BCUT2D eigenvalue weighted by Gasteiger charge is -2.43. The van der Waals surface area contributed by atoms with Crippen LogP contribution in [0, 0.1) is 6.92 Å². The maximum Gasteiger partial charge on any atom is 0.291 e. The van der Waals surface area contributed by atoms with Crippen molar-refractivity contribution in [3.05, 3.63) is 123 Å². The number of hydrogen-bond acceptors (Lipinski definition) is 19. The fraction of sp³-hybridized carbons (Fsp3) is 0.333. The number of aliphatic hydroxyl groups is 3. The number of furan rings is 1. The molecular weight excluding hydrogens is 1080 g/mol. The van der Waals surface area contributed by atoms with Crippen LogP contribution in [0.15, 0.2) is 71.5 Å². The van der Waals surface area contributed by atoms with Gasteiger partial charge in [0.25, 0.3) is 17.7 Å². The number of aliphatic hydroxyl groups excluding tert-OH is 2. The summed E-state index contributed by atoms with van der Waals surface area (Å²) in [5, 5.41) is 82.0. The third-order valence-corrected chi connectivity index (χ3v) is 15.1. The Hall–Kier alpha value is -9.18. The molecule has 4 amide bonds. The molecule has 3 aromatic carbocycles. The number of phenols is 2. The highest BCUT2D eigenvalue weighted by Crippen LogP contribution is 2.53. The second-order valence-corrected chi connectivity index (χ2v) is 20.8. The Morgan fingerprint density at radius 1 is 0.831 bits per heavy atom. The number of ketones is 3. The fourth-order valence-electron chi connectivity index (χ4n) is 11.1. The molecule has 4 aromatic heterocycles. The predicted molar refractivity (Wildman–Crippen MR) is 294 cm³/mol. The van der Waals surface area contributed by atoms with Crippen LogP contribution in [0.1, 0.15) is 119 Å². The second kappa shape index (κ2) is 22.3. The van der Waals surface area contributed by atoms with Gasteiger partial charge in [0.1, 0.15) is 52.2 Å². The minimum absolute atomic E-state index is 0.00362. The first-order valence-electron chi connectivity index (χ1n) is 26.3. The summed E-state index contributed by atoms with van der Waals surface area (Å²) in [6.07, 6.45) is -1.37. The first-order chi connectivity index (χ1) is 39.5. The molecule has 0 saturated carbocycles. The minimum Gasteiger partial charge on any atom is -0.507 e. The average Bonchev–Trinajstić information content (AvgIpc) is 4.09. The van der Waals surface area contributed by atoms with E-state index in [-0.39, 0.29) is 82.5 Å². The molecule has 26 nitrogen and oxygen atoms in total. The van der Waals surface area contributed by atoms with Crippen LogP contribution in [0.3, 0.4) is 0 Å². The summed E-state index contributed by atoms with van der Waals surface area (Å²) >= 11 is 0. The zero-order valence-corrected chi connectivity index (χ0v) is 45.7. The van der Waals surface area contributed by atoms with Crippen LogP contribution in [0.4, 0.5) is 22.9 Å².